The number of hydrogen-bond donors (Lipinski definition) is 0. The zero-order chi connectivity index (χ0) is 52.9. The van der Waals surface area contributed by atoms with Gasteiger partial charge in [0.15, 0.2) is 6.10 Å². The highest BCUT2D eigenvalue weighted by Gasteiger charge is 2.19. The van der Waals surface area contributed by atoms with Crippen molar-refractivity contribution in [3.8, 4) is 0 Å². The first-order chi connectivity index (χ1) is 36.0. The molecule has 0 aromatic rings. The maximum atomic E-state index is 12.8. The molecule has 73 heavy (non-hydrogen) atoms. The Hall–Kier alpha value is -3.41. The average Bonchev–Trinajstić information content (AvgIpc) is 3.39. The molecular formula is C67H116O6. The molecule has 1 unspecified atom stereocenters. The Kier molecular flexibility index (Phi) is 58.3. The molecule has 0 aromatic heterocycles. The van der Waals surface area contributed by atoms with E-state index in [0.29, 0.717) is 19.3 Å². The van der Waals surface area contributed by atoms with E-state index in [2.05, 4.69) is 99.8 Å². The molecule has 0 N–H and O–H groups in total. The zero-order valence-electron chi connectivity index (χ0n) is 48.1. The quantitative estimate of drug-likeness (QED) is 0.0261. The number of ether oxygens (including phenoxy) is 3. The third kappa shape index (κ3) is 59.3. The highest BCUT2D eigenvalue weighted by atomic mass is 16.6. The lowest BCUT2D eigenvalue weighted by Crippen LogP contribution is -2.30. The molecule has 0 aliphatic carbocycles. The van der Waals surface area contributed by atoms with E-state index in [4.69, 9.17) is 14.2 Å². The molecule has 6 nitrogen and oxygen atoms in total. The van der Waals surface area contributed by atoms with Crippen LogP contribution in [-0.2, 0) is 28.6 Å². The predicted molar refractivity (Wildman–Crippen MR) is 316 cm³/mol. The summed E-state index contributed by atoms with van der Waals surface area (Å²) in [6.45, 7) is 6.42. The van der Waals surface area contributed by atoms with Crippen molar-refractivity contribution in [2.24, 2.45) is 0 Å². The Balaban J connectivity index is 4.28. The van der Waals surface area contributed by atoms with Crippen molar-refractivity contribution in [3.63, 3.8) is 0 Å². The van der Waals surface area contributed by atoms with E-state index in [0.717, 1.165) is 96.3 Å². The number of unbranched alkanes of at least 4 members (excludes halogenated alkanes) is 31. The molecule has 0 amide bonds. The molecular weight excluding hydrogens is 901 g/mol. The fourth-order valence-corrected chi connectivity index (χ4v) is 8.77. The molecule has 0 bridgehead atoms. The van der Waals surface area contributed by atoms with Gasteiger partial charge in [0.25, 0.3) is 0 Å². The first-order valence-electron chi connectivity index (χ1n) is 31.1. The summed E-state index contributed by atoms with van der Waals surface area (Å²) in [6, 6.07) is 0. The minimum absolute atomic E-state index is 0.107. The normalized spacial score (nSPS) is 12.6. The van der Waals surface area contributed by atoms with Gasteiger partial charge in [-0.3, -0.25) is 14.4 Å². The molecule has 6 heteroatoms. The minimum atomic E-state index is -0.819. The van der Waals surface area contributed by atoms with Crippen LogP contribution in [-0.4, -0.2) is 37.2 Å². The van der Waals surface area contributed by atoms with Crippen molar-refractivity contribution in [1.82, 2.24) is 0 Å². The summed E-state index contributed by atoms with van der Waals surface area (Å²) in [6.07, 6.45) is 80.5. The van der Waals surface area contributed by atoms with Crippen molar-refractivity contribution in [1.29, 1.82) is 0 Å². The minimum Gasteiger partial charge on any atom is -0.462 e. The van der Waals surface area contributed by atoms with E-state index in [1.54, 1.807) is 0 Å². The Bertz CT molecular complexity index is 1400. The molecule has 0 saturated carbocycles. The highest BCUT2D eigenvalue weighted by Crippen LogP contribution is 2.17. The van der Waals surface area contributed by atoms with E-state index < -0.39 is 12.1 Å². The lowest BCUT2D eigenvalue weighted by Gasteiger charge is -2.18. The van der Waals surface area contributed by atoms with Crippen LogP contribution in [0.1, 0.15) is 303 Å². The predicted octanol–water partition coefficient (Wildman–Crippen LogP) is 21.1. The largest absolute Gasteiger partial charge is 0.462 e. The Morgan fingerprint density at radius 1 is 0.288 bits per heavy atom. The van der Waals surface area contributed by atoms with Crippen LogP contribution >= 0.6 is 0 Å². The third-order valence-corrected chi connectivity index (χ3v) is 13.4. The maximum Gasteiger partial charge on any atom is 0.306 e. The van der Waals surface area contributed by atoms with Gasteiger partial charge in [0.2, 0.25) is 0 Å². The first kappa shape index (κ1) is 69.6. The maximum absolute atomic E-state index is 12.8. The lowest BCUT2D eigenvalue weighted by atomic mass is 10.0. The van der Waals surface area contributed by atoms with Gasteiger partial charge in [0, 0.05) is 19.3 Å². The molecule has 0 radical (unpaired) electrons. The number of carbonyl (C=O) groups excluding carboxylic acids is 3. The van der Waals surface area contributed by atoms with Gasteiger partial charge in [-0.1, -0.05) is 292 Å². The van der Waals surface area contributed by atoms with E-state index in [-0.39, 0.29) is 31.6 Å². The van der Waals surface area contributed by atoms with Crippen LogP contribution in [0.3, 0.4) is 0 Å². The second-order valence-corrected chi connectivity index (χ2v) is 20.6. The van der Waals surface area contributed by atoms with Crippen LogP contribution < -0.4 is 0 Å². The highest BCUT2D eigenvalue weighted by molar-refractivity contribution is 5.71. The molecule has 0 aliphatic heterocycles. The lowest BCUT2D eigenvalue weighted by molar-refractivity contribution is -0.166. The van der Waals surface area contributed by atoms with Gasteiger partial charge >= 0.3 is 17.9 Å². The standard InChI is InChI=1S/C67H116O6/c1-4-7-10-13-16-19-22-24-26-28-30-31-32-33-34-35-36-38-39-41-43-45-48-51-54-57-60-66(69)72-63-64(62-71-65(68)59-56-53-50-47-21-18-15-12-9-6-3)73-67(70)61-58-55-52-49-46-44-42-40-37-29-27-25-23-20-17-14-11-8-5-2/h8,11-12,15,17,20,25,27,37,40,44,46,52,55,64H,4-7,9-10,13-14,16,18-19,21-24,26,28-36,38-39,41-43,45,47-51,53-54,56-63H2,1-3H3/b11-8-,15-12-,20-17-,27-25-,40-37-,46-44-,55-52-. The van der Waals surface area contributed by atoms with Crippen molar-refractivity contribution in [2.45, 2.75) is 309 Å². The van der Waals surface area contributed by atoms with Gasteiger partial charge in [-0.05, 0) is 77.0 Å². The zero-order valence-corrected chi connectivity index (χ0v) is 48.1. The van der Waals surface area contributed by atoms with Crippen molar-refractivity contribution in [3.05, 3.63) is 85.1 Å². The van der Waals surface area contributed by atoms with Crippen LogP contribution in [0.5, 0.6) is 0 Å². The van der Waals surface area contributed by atoms with Gasteiger partial charge in [0.05, 0.1) is 0 Å². The van der Waals surface area contributed by atoms with Crippen LogP contribution in [0.2, 0.25) is 0 Å². The summed E-state index contributed by atoms with van der Waals surface area (Å²) in [5.74, 6) is -0.995. The summed E-state index contributed by atoms with van der Waals surface area (Å²) >= 11 is 0. The Morgan fingerprint density at radius 2 is 0.589 bits per heavy atom. The van der Waals surface area contributed by atoms with Crippen LogP contribution in [0.25, 0.3) is 0 Å². The second-order valence-electron chi connectivity index (χ2n) is 20.6. The van der Waals surface area contributed by atoms with Gasteiger partial charge < -0.3 is 14.2 Å². The van der Waals surface area contributed by atoms with E-state index >= 15 is 0 Å². The third-order valence-electron chi connectivity index (χ3n) is 13.4. The fraction of sp³-hybridized carbons (Fsp3) is 0.746. The van der Waals surface area contributed by atoms with E-state index in [1.807, 2.05) is 6.08 Å². The van der Waals surface area contributed by atoms with Gasteiger partial charge in [-0.25, -0.2) is 0 Å². The van der Waals surface area contributed by atoms with Crippen molar-refractivity contribution >= 4 is 17.9 Å². The Morgan fingerprint density at radius 3 is 0.945 bits per heavy atom. The number of hydrogen-bond acceptors (Lipinski definition) is 6. The molecule has 0 spiro atoms. The van der Waals surface area contributed by atoms with Crippen molar-refractivity contribution in [2.75, 3.05) is 13.2 Å². The molecule has 0 fully saturated rings. The fourth-order valence-electron chi connectivity index (χ4n) is 8.77. The smallest absolute Gasteiger partial charge is 0.306 e. The number of allylic oxidation sites excluding steroid dienone is 14. The van der Waals surface area contributed by atoms with Crippen LogP contribution in [0.4, 0.5) is 0 Å². The number of carbonyl (C=O) groups is 3. The number of esters is 3. The summed E-state index contributed by atoms with van der Waals surface area (Å²) < 4.78 is 16.8. The average molecular weight is 1020 g/mol. The molecule has 1 atom stereocenters. The topological polar surface area (TPSA) is 78.9 Å². The van der Waals surface area contributed by atoms with Gasteiger partial charge in [-0.2, -0.15) is 0 Å². The first-order valence-corrected chi connectivity index (χ1v) is 31.1. The molecule has 0 aliphatic rings. The monoisotopic (exact) mass is 1020 g/mol. The summed E-state index contributed by atoms with van der Waals surface area (Å²) in [5, 5.41) is 0. The molecule has 0 aromatic carbocycles. The summed E-state index contributed by atoms with van der Waals surface area (Å²) in [5.41, 5.74) is 0. The molecule has 0 saturated heterocycles. The number of rotatable bonds is 56. The molecule has 0 rings (SSSR count). The SMILES string of the molecule is CC/C=C\C/C=C\C/C=C\C/C=C\C/C=C\C/C=C\CCC(=O)OC(COC(=O)CCCCCCC/C=C\CCC)COC(=O)CCCCCCCCCCCCCCCCCCCCCCCCCCCC. The Labute approximate surface area is 452 Å². The van der Waals surface area contributed by atoms with Crippen molar-refractivity contribution < 1.29 is 28.6 Å². The molecule has 420 valence electrons. The van der Waals surface area contributed by atoms with Crippen LogP contribution in [0.15, 0.2) is 85.1 Å². The summed E-state index contributed by atoms with van der Waals surface area (Å²) in [7, 11) is 0. The van der Waals surface area contributed by atoms with Gasteiger partial charge in [0.1, 0.15) is 13.2 Å². The van der Waals surface area contributed by atoms with E-state index in [1.165, 1.54) is 161 Å². The van der Waals surface area contributed by atoms with E-state index in [9.17, 15) is 14.4 Å². The van der Waals surface area contributed by atoms with Gasteiger partial charge in [-0.15, -0.1) is 0 Å². The second kappa shape index (κ2) is 61.1. The molecule has 0 heterocycles. The van der Waals surface area contributed by atoms with Crippen LogP contribution in [0, 0.1) is 0 Å². The summed E-state index contributed by atoms with van der Waals surface area (Å²) in [4.78, 5) is 38.1.